The van der Waals surface area contributed by atoms with Crippen molar-refractivity contribution in [2.75, 3.05) is 27.6 Å². The van der Waals surface area contributed by atoms with Crippen LogP contribution in [0.3, 0.4) is 0 Å². The molecule has 3 heterocycles. The summed E-state index contributed by atoms with van der Waals surface area (Å²) in [5.74, 6) is 0.122. The van der Waals surface area contributed by atoms with Crippen LogP contribution in [-0.4, -0.2) is 54.7 Å². The van der Waals surface area contributed by atoms with Gasteiger partial charge in [0.2, 0.25) is 12.5 Å². The van der Waals surface area contributed by atoms with Gasteiger partial charge >= 0.3 is 5.91 Å². The van der Waals surface area contributed by atoms with Gasteiger partial charge in [-0.05, 0) is 30.7 Å². The Balaban J connectivity index is 1.71. The van der Waals surface area contributed by atoms with E-state index >= 15 is 0 Å². The van der Waals surface area contributed by atoms with Crippen molar-refractivity contribution < 1.29 is 33.9 Å². The van der Waals surface area contributed by atoms with Crippen molar-refractivity contribution in [2.45, 2.75) is 24.8 Å². The first-order valence-electron chi connectivity index (χ1n) is 9.34. The predicted molar refractivity (Wildman–Crippen MR) is 100 cm³/mol. The van der Waals surface area contributed by atoms with Crippen molar-refractivity contribution in [3.05, 3.63) is 35.4 Å². The maximum absolute atomic E-state index is 10.3. The average Bonchev–Trinajstić information content (AvgIpc) is 3.14. The largest absolute Gasteiger partial charge is 0.504 e. The zero-order valence-electron chi connectivity index (χ0n) is 16.3. The number of nitrogens with zero attached hydrogens (tertiary/aromatic N) is 1. The van der Waals surface area contributed by atoms with E-state index in [1.807, 2.05) is 25.0 Å². The maximum Gasteiger partial charge on any atom is 0.301 e. The van der Waals surface area contributed by atoms with Crippen LogP contribution in [0.4, 0.5) is 0 Å². The minimum absolute atomic E-state index is 0.148. The topological polar surface area (TPSA) is 102 Å². The lowest BCUT2D eigenvalue weighted by Gasteiger charge is -2.59. The van der Waals surface area contributed by atoms with Gasteiger partial charge in [-0.25, -0.2) is 5.01 Å². The summed E-state index contributed by atoms with van der Waals surface area (Å²) in [5.41, 5.74) is 4.79. The summed E-state index contributed by atoms with van der Waals surface area (Å²) in [6.07, 6.45) is 0. The highest BCUT2D eigenvalue weighted by molar-refractivity contribution is 5.60. The summed E-state index contributed by atoms with van der Waals surface area (Å²) in [5, 5.41) is 22.3. The van der Waals surface area contributed by atoms with Crippen LogP contribution < -0.4 is 24.4 Å². The number of phenols is 2. The van der Waals surface area contributed by atoms with Crippen molar-refractivity contribution in [3.63, 3.8) is 0 Å². The fraction of sp³-hybridized carbons (Fsp3) is 0.400. The van der Waals surface area contributed by atoms with Crippen molar-refractivity contribution >= 4 is 0 Å². The van der Waals surface area contributed by atoms with E-state index in [4.69, 9.17) is 23.7 Å². The lowest BCUT2D eigenvalue weighted by Crippen LogP contribution is -2.83. The molecule has 1 fully saturated rings. The molecule has 0 radical (unpaired) electrons. The molecule has 3 atom stereocenters. The number of likely N-dealkylation sites (N-methyl/N-ethyl adjacent to an activating group) is 1. The number of phenolic OH excluding ortho intramolecular Hbond substituents is 2. The van der Waals surface area contributed by atoms with Crippen LogP contribution >= 0.6 is 0 Å². The van der Waals surface area contributed by atoms with E-state index in [9.17, 15) is 10.2 Å². The first-order valence-corrected chi connectivity index (χ1v) is 9.34. The van der Waals surface area contributed by atoms with E-state index < -0.39 is 5.91 Å². The molecule has 0 aromatic heterocycles. The van der Waals surface area contributed by atoms with Gasteiger partial charge < -0.3 is 33.9 Å². The van der Waals surface area contributed by atoms with Crippen LogP contribution in [0.5, 0.6) is 34.5 Å². The fourth-order valence-electron chi connectivity index (χ4n) is 4.37. The van der Waals surface area contributed by atoms with Crippen LogP contribution in [0.2, 0.25) is 0 Å². The first kappa shape index (κ1) is 18.2. The molecule has 0 amide bonds. The third-order valence-electron chi connectivity index (χ3n) is 5.57. The summed E-state index contributed by atoms with van der Waals surface area (Å²) in [7, 11) is 3.34. The Hall–Kier alpha value is -2.88. The number of ether oxygens (including phenoxy) is 5. The van der Waals surface area contributed by atoms with Crippen LogP contribution in [-0.2, 0) is 4.74 Å². The number of rotatable bonds is 4. The normalized spacial score (nSPS) is 26.9. The van der Waals surface area contributed by atoms with Crippen molar-refractivity contribution in [1.82, 2.24) is 10.4 Å². The molecule has 0 saturated carbocycles. The van der Waals surface area contributed by atoms with Gasteiger partial charge in [0.25, 0.3) is 0 Å². The van der Waals surface area contributed by atoms with Crippen LogP contribution in [0.1, 0.15) is 24.0 Å². The molecule has 2 aromatic rings. The molecule has 9 heteroatoms. The molecule has 29 heavy (non-hydrogen) atoms. The van der Waals surface area contributed by atoms with Gasteiger partial charge in [-0.3, -0.25) is 0 Å². The van der Waals surface area contributed by atoms with Gasteiger partial charge in [0, 0.05) is 31.2 Å². The molecule has 3 unspecified atom stereocenters. The number of hydrogen-bond acceptors (Lipinski definition) is 9. The number of fused-ring (bicyclic) bond motifs is 3. The highest BCUT2D eigenvalue weighted by Gasteiger charge is 2.62. The standard InChI is InChI=1S/C20H22N2O7/c1-4-28-20-19(22(2)21-20)17(10-5-12(23)18(24)16(6-10)25-3)11-7-14-15(27-9-26-14)8-13(11)29-20/h5-8,17,19,21,23-24H,4,9H2,1-3H3. The fourth-order valence-corrected chi connectivity index (χ4v) is 4.37. The Kier molecular flexibility index (Phi) is 3.95. The molecule has 0 spiro atoms. The molecular formula is C20H22N2O7. The van der Waals surface area contributed by atoms with E-state index in [0.29, 0.717) is 23.9 Å². The van der Waals surface area contributed by atoms with E-state index in [-0.39, 0.29) is 36.0 Å². The van der Waals surface area contributed by atoms with Gasteiger partial charge in [-0.2, -0.15) is 5.43 Å². The molecule has 2 aromatic carbocycles. The minimum atomic E-state index is -1.06. The van der Waals surface area contributed by atoms with Gasteiger partial charge in [0.15, 0.2) is 23.0 Å². The van der Waals surface area contributed by atoms with Crippen LogP contribution in [0.25, 0.3) is 0 Å². The summed E-state index contributed by atoms with van der Waals surface area (Å²) in [4.78, 5) is 0. The maximum atomic E-state index is 10.3. The minimum Gasteiger partial charge on any atom is -0.504 e. The predicted octanol–water partition coefficient (Wildman–Crippen LogP) is 1.87. The molecule has 1 saturated heterocycles. The van der Waals surface area contributed by atoms with Gasteiger partial charge in [0.05, 0.1) is 7.11 Å². The summed E-state index contributed by atoms with van der Waals surface area (Å²) in [6, 6.07) is 6.68. The zero-order chi connectivity index (χ0) is 20.3. The molecule has 3 N–H and O–H groups in total. The molecule has 0 bridgehead atoms. The number of nitrogens with one attached hydrogen (secondary N) is 1. The van der Waals surface area contributed by atoms with E-state index in [1.165, 1.54) is 13.2 Å². The molecule has 3 aliphatic rings. The van der Waals surface area contributed by atoms with Crippen LogP contribution in [0.15, 0.2) is 24.3 Å². The number of benzene rings is 2. The highest BCUT2D eigenvalue weighted by Crippen LogP contribution is 2.54. The number of hydrazine groups is 1. The number of aromatic hydroxyl groups is 2. The van der Waals surface area contributed by atoms with Gasteiger partial charge in [-0.1, -0.05) is 0 Å². The van der Waals surface area contributed by atoms with Gasteiger partial charge in [0.1, 0.15) is 11.8 Å². The summed E-state index contributed by atoms with van der Waals surface area (Å²) < 4.78 is 28.6. The monoisotopic (exact) mass is 402 g/mol. The van der Waals surface area contributed by atoms with Crippen molar-refractivity contribution in [3.8, 4) is 34.5 Å². The third-order valence-corrected chi connectivity index (χ3v) is 5.57. The van der Waals surface area contributed by atoms with Crippen molar-refractivity contribution in [1.29, 1.82) is 0 Å². The number of hydrogen-bond donors (Lipinski definition) is 3. The third kappa shape index (κ3) is 2.51. The lowest BCUT2D eigenvalue weighted by molar-refractivity contribution is -0.345. The molecule has 0 aliphatic carbocycles. The molecule has 154 valence electrons. The van der Waals surface area contributed by atoms with E-state index in [1.54, 1.807) is 12.1 Å². The smallest absolute Gasteiger partial charge is 0.301 e. The highest BCUT2D eigenvalue weighted by atomic mass is 16.7. The second-order valence-corrected chi connectivity index (χ2v) is 7.18. The van der Waals surface area contributed by atoms with E-state index in [2.05, 4.69) is 5.43 Å². The Labute approximate surface area is 167 Å². The summed E-state index contributed by atoms with van der Waals surface area (Å²) in [6.45, 7) is 2.48. The Morgan fingerprint density at radius 1 is 1.17 bits per heavy atom. The SMILES string of the molecule is CCOC12NN(C)C1C(c1cc(O)c(O)c(OC)c1)c1cc3c(cc1O2)OCO3. The second-order valence-electron chi connectivity index (χ2n) is 7.18. The first-order chi connectivity index (χ1) is 14.0. The average molecular weight is 402 g/mol. The Morgan fingerprint density at radius 3 is 2.62 bits per heavy atom. The molecule has 3 aliphatic heterocycles. The molecule has 5 rings (SSSR count). The second kappa shape index (κ2) is 6.31. The zero-order valence-corrected chi connectivity index (χ0v) is 16.3. The summed E-state index contributed by atoms with van der Waals surface area (Å²) >= 11 is 0. The van der Waals surface area contributed by atoms with E-state index in [0.717, 1.165) is 11.1 Å². The molecular weight excluding hydrogens is 380 g/mol. The Bertz CT molecular complexity index is 978. The van der Waals surface area contributed by atoms with Crippen LogP contribution in [0, 0.1) is 0 Å². The number of methoxy groups -OCH3 is 1. The Morgan fingerprint density at radius 2 is 1.93 bits per heavy atom. The lowest BCUT2D eigenvalue weighted by atomic mass is 9.78. The van der Waals surface area contributed by atoms with Crippen molar-refractivity contribution in [2.24, 2.45) is 0 Å². The van der Waals surface area contributed by atoms with Gasteiger partial charge in [-0.15, -0.1) is 0 Å². The quantitative estimate of drug-likeness (QED) is 0.662. The molecule has 9 nitrogen and oxygen atoms in total.